The van der Waals surface area contributed by atoms with E-state index in [0.29, 0.717) is 18.0 Å². The summed E-state index contributed by atoms with van der Waals surface area (Å²) in [5.41, 5.74) is 1.70. The third-order valence-corrected chi connectivity index (χ3v) is 2.68. The average Bonchev–Trinajstić information content (AvgIpc) is 2.31. The maximum absolute atomic E-state index is 11.5. The number of hydrogen-bond donors (Lipinski definition) is 1. The van der Waals surface area contributed by atoms with Crippen LogP contribution in [0.4, 0.5) is 11.4 Å². The molecule has 0 aliphatic carbocycles. The molecule has 2 rings (SSSR count). The lowest BCUT2D eigenvalue weighted by molar-refractivity contribution is -0.118. The van der Waals surface area contributed by atoms with Gasteiger partial charge in [0.25, 0.3) is 0 Å². The fraction of sp³-hybridized carbons (Fsp3) is 0.300. The van der Waals surface area contributed by atoms with Crippen LogP contribution in [-0.2, 0) is 4.79 Å². The third-order valence-electron chi connectivity index (χ3n) is 2.37. The molecule has 1 aliphatic heterocycles. The topological polar surface area (TPSA) is 32.3 Å². The molecule has 0 bridgehead atoms. The first-order valence-electron chi connectivity index (χ1n) is 4.49. The lowest BCUT2D eigenvalue weighted by Crippen LogP contribution is -2.25. The highest BCUT2D eigenvalue weighted by molar-refractivity contribution is 6.34. The van der Waals surface area contributed by atoms with E-state index in [-0.39, 0.29) is 5.91 Å². The SMILES string of the molecule is CN1C(=O)CCNc2c(Cl)cccc21. The van der Waals surface area contributed by atoms with E-state index < -0.39 is 0 Å². The molecule has 74 valence electrons. The maximum Gasteiger partial charge on any atom is 0.228 e. The molecule has 3 nitrogen and oxygen atoms in total. The quantitative estimate of drug-likeness (QED) is 0.712. The smallest absolute Gasteiger partial charge is 0.228 e. The summed E-state index contributed by atoms with van der Waals surface area (Å²) >= 11 is 6.03. The highest BCUT2D eigenvalue weighted by atomic mass is 35.5. The van der Waals surface area contributed by atoms with Crippen LogP contribution >= 0.6 is 11.6 Å². The summed E-state index contributed by atoms with van der Waals surface area (Å²) in [5, 5.41) is 3.82. The molecule has 0 unspecified atom stereocenters. The zero-order valence-electron chi connectivity index (χ0n) is 7.88. The first kappa shape index (κ1) is 9.34. The van der Waals surface area contributed by atoms with Gasteiger partial charge in [0.1, 0.15) is 0 Å². The molecule has 0 aromatic heterocycles. The standard InChI is InChI=1S/C10H11ClN2O/c1-13-8-4-2-3-7(11)10(8)12-6-5-9(13)14/h2-4,12H,5-6H2,1H3. The number of anilines is 2. The molecular weight excluding hydrogens is 200 g/mol. The van der Waals surface area contributed by atoms with Gasteiger partial charge in [-0.3, -0.25) is 4.79 Å². The molecule has 0 saturated heterocycles. The number of carbonyl (C=O) groups is 1. The van der Waals surface area contributed by atoms with Crippen LogP contribution in [0, 0.1) is 0 Å². The number of nitrogens with one attached hydrogen (secondary N) is 1. The number of para-hydroxylation sites is 1. The second-order valence-corrected chi connectivity index (χ2v) is 3.67. The lowest BCUT2D eigenvalue weighted by atomic mass is 10.2. The van der Waals surface area contributed by atoms with E-state index in [9.17, 15) is 4.79 Å². The van der Waals surface area contributed by atoms with Gasteiger partial charge in [-0.25, -0.2) is 0 Å². The molecule has 14 heavy (non-hydrogen) atoms. The van der Waals surface area contributed by atoms with Gasteiger partial charge in [0.15, 0.2) is 0 Å². The van der Waals surface area contributed by atoms with E-state index >= 15 is 0 Å². The van der Waals surface area contributed by atoms with Gasteiger partial charge in [-0.2, -0.15) is 0 Å². The largest absolute Gasteiger partial charge is 0.382 e. The first-order valence-corrected chi connectivity index (χ1v) is 4.87. The van der Waals surface area contributed by atoms with Gasteiger partial charge in [-0.05, 0) is 12.1 Å². The van der Waals surface area contributed by atoms with Crippen molar-refractivity contribution in [3.8, 4) is 0 Å². The minimum absolute atomic E-state index is 0.110. The molecule has 0 spiro atoms. The van der Waals surface area contributed by atoms with Crippen LogP contribution in [0.3, 0.4) is 0 Å². The molecule has 0 saturated carbocycles. The number of halogens is 1. The number of carbonyl (C=O) groups excluding carboxylic acids is 1. The molecule has 0 fully saturated rings. The van der Waals surface area contributed by atoms with Crippen LogP contribution in [0.2, 0.25) is 5.02 Å². The van der Waals surface area contributed by atoms with E-state index in [2.05, 4.69) is 5.32 Å². The molecule has 1 amide bonds. The van der Waals surface area contributed by atoms with Crippen LogP contribution < -0.4 is 10.2 Å². The highest BCUT2D eigenvalue weighted by Crippen LogP contribution is 2.34. The third kappa shape index (κ3) is 1.44. The van der Waals surface area contributed by atoms with Crippen molar-refractivity contribution in [1.29, 1.82) is 0 Å². The molecule has 1 heterocycles. The molecule has 1 aromatic rings. The van der Waals surface area contributed by atoms with Crippen LogP contribution in [0.25, 0.3) is 0 Å². The van der Waals surface area contributed by atoms with Crippen LogP contribution in [-0.4, -0.2) is 19.5 Å². The molecule has 1 N–H and O–H groups in total. The zero-order valence-corrected chi connectivity index (χ0v) is 8.64. The Kier molecular flexibility index (Phi) is 2.33. The van der Waals surface area contributed by atoms with Gasteiger partial charge in [0.05, 0.1) is 16.4 Å². The van der Waals surface area contributed by atoms with Crippen LogP contribution in [0.15, 0.2) is 18.2 Å². The van der Waals surface area contributed by atoms with Gasteiger partial charge in [0, 0.05) is 20.0 Å². The fourth-order valence-electron chi connectivity index (χ4n) is 1.56. The second kappa shape index (κ2) is 3.50. The fourth-order valence-corrected chi connectivity index (χ4v) is 1.80. The van der Waals surface area contributed by atoms with E-state index in [0.717, 1.165) is 11.4 Å². The predicted octanol–water partition coefficient (Wildman–Crippen LogP) is 2.12. The molecule has 1 aromatic carbocycles. The minimum atomic E-state index is 0.110. The van der Waals surface area contributed by atoms with Gasteiger partial charge in [0.2, 0.25) is 5.91 Å². The molecular formula is C10H11ClN2O. The predicted molar refractivity (Wildman–Crippen MR) is 58.0 cm³/mol. The van der Waals surface area contributed by atoms with Gasteiger partial charge in [-0.1, -0.05) is 17.7 Å². The van der Waals surface area contributed by atoms with Crippen molar-refractivity contribution in [2.24, 2.45) is 0 Å². The van der Waals surface area contributed by atoms with Gasteiger partial charge < -0.3 is 10.2 Å². The van der Waals surface area contributed by atoms with Crippen molar-refractivity contribution in [3.63, 3.8) is 0 Å². The van der Waals surface area contributed by atoms with E-state index in [1.165, 1.54) is 0 Å². The normalized spacial score (nSPS) is 15.9. The zero-order chi connectivity index (χ0) is 10.1. The number of nitrogens with zero attached hydrogens (tertiary/aromatic N) is 1. The summed E-state index contributed by atoms with van der Waals surface area (Å²) in [6.45, 7) is 0.639. The Morgan fingerprint density at radius 1 is 1.50 bits per heavy atom. The van der Waals surface area contributed by atoms with Crippen molar-refractivity contribution < 1.29 is 4.79 Å². The monoisotopic (exact) mass is 210 g/mol. The Labute approximate surface area is 87.7 Å². The Balaban J connectivity index is 2.53. The van der Waals surface area contributed by atoms with Crippen LogP contribution in [0.5, 0.6) is 0 Å². The Hall–Kier alpha value is -1.22. The summed E-state index contributed by atoms with van der Waals surface area (Å²) in [4.78, 5) is 13.2. The average molecular weight is 211 g/mol. The van der Waals surface area contributed by atoms with Crippen molar-refractivity contribution >= 4 is 28.9 Å². The van der Waals surface area contributed by atoms with Crippen molar-refractivity contribution in [2.75, 3.05) is 23.8 Å². The van der Waals surface area contributed by atoms with Crippen molar-refractivity contribution in [3.05, 3.63) is 23.2 Å². The summed E-state index contributed by atoms with van der Waals surface area (Å²) in [6.07, 6.45) is 0.501. The number of hydrogen-bond acceptors (Lipinski definition) is 2. The summed E-state index contributed by atoms with van der Waals surface area (Å²) in [5.74, 6) is 0.110. The highest BCUT2D eigenvalue weighted by Gasteiger charge is 2.19. The summed E-state index contributed by atoms with van der Waals surface area (Å²) < 4.78 is 0. The minimum Gasteiger partial charge on any atom is -0.382 e. The van der Waals surface area contributed by atoms with E-state index in [1.807, 2.05) is 18.2 Å². The summed E-state index contributed by atoms with van der Waals surface area (Å²) in [7, 11) is 1.77. The molecule has 4 heteroatoms. The molecule has 0 radical (unpaired) electrons. The van der Waals surface area contributed by atoms with Gasteiger partial charge in [-0.15, -0.1) is 0 Å². The number of benzene rings is 1. The number of rotatable bonds is 0. The van der Waals surface area contributed by atoms with Gasteiger partial charge >= 0.3 is 0 Å². The second-order valence-electron chi connectivity index (χ2n) is 3.26. The van der Waals surface area contributed by atoms with E-state index in [4.69, 9.17) is 11.6 Å². The van der Waals surface area contributed by atoms with Crippen molar-refractivity contribution in [2.45, 2.75) is 6.42 Å². The first-order chi connectivity index (χ1) is 6.70. The van der Waals surface area contributed by atoms with Crippen LogP contribution in [0.1, 0.15) is 6.42 Å². The van der Waals surface area contributed by atoms with Crippen molar-refractivity contribution in [1.82, 2.24) is 0 Å². The molecule has 1 aliphatic rings. The Bertz CT molecular complexity index is 378. The number of fused-ring (bicyclic) bond motifs is 1. The number of amides is 1. The Morgan fingerprint density at radius 2 is 2.29 bits per heavy atom. The maximum atomic E-state index is 11.5. The summed E-state index contributed by atoms with van der Waals surface area (Å²) in [6, 6.07) is 5.55. The Morgan fingerprint density at radius 3 is 3.07 bits per heavy atom. The lowest BCUT2D eigenvalue weighted by Gasteiger charge is -2.17. The molecule has 0 atom stereocenters. The van der Waals surface area contributed by atoms with E-state index in [1.54, 1.807) is 11.9 Å².